The van der Waals surface area contributed by atoms with Crippen LogP contribution in [-0.2, 0) is 12.8 Å². The Kier molecular flexibility index (Phi) is 3.43. The third-order valence-electron chi connectivity index (χ3n) is 2.09. The number of halogens is 1. The highest BCUT2D eigenvalue weighted by Crippen LogP contribution is 2.13. The molecule has 0 amide bonds. The van der Waals surface area contributed by atoms with Gasteiger partial charge in [-0.3, -0.25) is 0 Å². The number of rotatable bonds is 3. The third kappa shape index (κ3) is 2.81. The lowest BCUT2D eigenvalue weighted by atomic mass is 9.99. The molecule has 0 aliphatic rings. The zero-order chi connectivity index (χ0) is 9.84. The Morgan fingerprint density at radius 2 is 2.08 bits per heavy atom. The Bertz CT molecular complexity index is 281. The maximum absolute atomic E-state index is 12.9. The number of benzene rings is 1. The van der Waals surface area contributed by atoms with E-state index in [1.165, 1.54) is 11.6 Å². The topological polar surface area (TPSA) is 26.0 Å². The number of hydrogen-bond donors (Lipinski definition) is 1. The molecule has 2 N–H and O–H groups in total. The Labute approximate surface area is 78.8 Å². The van der Waals surface area contributed by atoms with Crippen molar-refractivity contribution in [3.8, 4) is 0 Å². The maximum Gasteiger partial charge on any atom is 0.123 e. The van der Waals surface area contributed by atoms with Crippen molar-refractivity contribution in [1.82, 2.24) is 0 Å². The Hall–Kier alpha value is -0.890. The van der Waals surface area contributed by atoms with Crippen molar-refractivity contribution >= 4 is 0 Å². The van der Waals surface area contributed by atoms with E-state index in [-0.39, 0.29) is 11.9 Å². The lowest BCUT2D eigenvalue weighted by molar-refractivity contribution is 0.621. The average molecular weight is 181 g/mol. The van der Waals surface area contributed by atoms with Crippen LogP contribution in [0.4, 0.5) is 4.39 Å². The summed E-state index contributed by atoms with van der Waals surface area (Å²) in [6.07, 6.45) is 1.68. The van der Waals surface area contributed by atoms with Crippen LogP contribution in [0.1, 0.15) is 25.0 Å². The predicted octanol–water partition coefficient (Wildman–Crippen LogP) is 2.28. The first-order valence-electron chi connectivity index (χ1n) is 4.66. The van der Waals surface area contributed by atoms with Gasteiger partial charge in [0.15, 0.2) is 0 Å². The molecule has 2 heteroatoms. The van der Waals surface area contributed by atoms with Gasteiger partial charge in [-0.05, 0) is 43.0 Å². The van der Waals surface area contributed by atoms with Gasteiger partial charge in [0, 0.05) is 6.04 Å². The molecule has 72 valence electrons. The summed E-state index contributed by atoms with van der Waals surface area (Å²) in [7, 11) is 0. The molecule has 1 aromatic carbocycles. The molecule has 0 aromatic heterocycles. The standard InChI is InChI=1S/C11H16FN/c1-3-9-4-5-11(12)7-10(9)6-8(2)13/h4-5,7-8H,3,6,13H2,1-2H3/t8-/m1/s1. The van der Waals surface area contributed by atoms with Crippen molar-refractivity contribution in [2.75, 3.05) is 0 Å². The zero-order valence-electron chi connectivity index (χ0n) is 8.18. The largest absolute Gasteiger partial charge is 0.328 e. The molecule has 0 heterocycles. The maximum atomic E-state index is 12.9. The normalized spacial score (nSPS) is 12.9. The van der Waals surface area contributed by atoms with Crippen molar-refractivity contribution in [1.29, 1.82) is 0 Å². The highest BCUT2D eigenvalue weighted by molar-refractivity contribution is 5.28. The second-order valence-electron chi connectivity index (χ2n) is 3.45. The molecule has 0 aliphatic carbocycles. The molecule has 0 saturated heterocycles. The molecule has 0 fully saturated rings. The van der Waals surface area contributed by atoms with E-state index in [4.69, 9.17) is 5.73 Å². The van der Waals surface area contributed by atoms with Crippen LogP contribution in [0.15, 0.2) is 18.2 Å². The molecule has 0 saturated carbocycles. The van der Waals surface area contributed by atoms with Crippen LogP contribution < -0.4 is 5.73 Å². The summed E-state index contributed by atoms with van der Waals surface area (Å²) in [6, 6.07) is 5.02. The highest BCUT2D eigenvalue weighted by atomic mass is 19.1. The average Bonchev–Trinajstić information content (AvgIpc) is 2.03. The van der Waals surface area contributed by atoms with Crippen LogP contribution in [0.25, 0.3) is 0 Å². The molecule has 0 bridgehead atoms. The number of aryl methyl sites for hydroxylation is 1. The van der Waals surface area contributed by atoms with Gasteiger partial charge in [-0.15, -0.1) is 0 Å². The van der Waals surface area contributed by atoms with Crippen molar-refractivity contribution in [2.45, 2.75) is 32.7 Å². The number of nitrogens with two attached hydrogens (primary N) is 1. The van der Waals surface area contributed by atoms with Gasteiger partial charge in [-0.25, -0.2) is 4.39 Å². The summed E-state index contributed by atoms with van der Waals surface area (Å²) in [4.78, 5) is 0. The van der Waals surface area contributed by atoms with Crippen molar-refractivity contribution < 1.29 is 4.39 Å². The quantitative estimate of drug-likeness (QED) is 0.760. The molecule has 0 radical (unpaired) electrons. The van der Waals surface area contributed by atoms with Crippen LogP contribution in [0, 0.1) is 5.82 Å². The van der Waals surface area contributed by atoms with E-state index in [0.717, 1.165) is 18.4 Å². The monoisotopic (exact) mass is 181 g/mol. The fourth-order valence-corrected chi connectivity index (χ4v) is 1.48. The molecule has 1 rings (SSSR count). The van der Waals surface area contributed by atoms with E-state index >= 15 is 0 Å². The first kappa shape index (κ1) is 10.2. The van der Waals surface area contributed by atoms with Crippen LogP contribution >= 0.6 is 0 Å². The van der Waals surface area contributed by atoms with E-state index in [1.807, 2.05) is 13.0 Å². The van der Waals surface area contributed by atoms with Crippen LogP contribution in [0.2, 0.25) is 0 Å². The first-order valence-corrected chi connectivity index (χ1v) is 4.66. The first-order chi connectivity index (χ1) is 6.13. The summed E-state index contributed by atoms with van der Waals surface area (Å²) in [6.45, 7) is 4.00. The minimum Gasteiger partial charge on any atom is -0.328 e. The molecular formula is C11H16FN. The second-order valence-corrected chi connectivity index (χ2v) is 3.45. The fraction of sp³-hybridized carbons (Fsp3) is 0.455. The van der Waals surface area contributed by atoms with Crippen LogP contribution in [0.5, 0.6) is 0 Å². The smallest absolute Gasteiger partial charge is 0.123 e. The lowest BCUT2D eigenvalue weighted by Crippen LogP contribution is -2.18. The predicted molar refractivity (Wildman–Crippen MR) is 53.1 cm³/mol. The minimum absolute atomic E-state index is 0.0899. The summed E-state index contributed by atoms with van der Waals surface area (Å²) >= 11 is 0. The zero-order valence-corrected chi connectivity index (χ0v) is 8.18. The van der Waals surface area contributed by atoms with Crippen LogP contribution in [0.3, 0.4) is 0 Å². The van der Waals surface area contributed by atoms with Gasteiger partial charge < -0.3 is 5.73 Å². The van der Waals surface area contributed by atoms with E-state index < -0.39 is 0 Å². The minimum atomic E-state index is -0.173. The highest BCUT2D eigenvalue weighted by Gasteiger charge is 2.04. The van der Waals surface area contributed by atoms with E-state index in [2.05, 4.69) is 6.92 Å². The fourth-order valence-electron chi connectivity index (χ4n) is 1.48. The van der Waals surface area contributed by atoms with Gasteiger partial charge in [0.25, 0.3) is 0 Å². The molecular weight excluding hydrogens is 165 g/mol. The molecule has 0 aliphatic heterocycles. The van der Waals surface area contributed by atoms with Gasteiger partial charge in [-0.1, -0.05) is 13.0 Å². The molecule has 0 unspecified atom stereocenters. The third-order valence-corrected chi connectivity index (χ3v) is 2.09. The van der Waals surface area contributed by atoms with Crippen molar-refractivity contribution in [3.05, 3.63) is 35.1 Å². The second kappa shape index (κ2) is 4.38. The van der Waals surface area contributed by atoms with E-state index in [9.17, 15) is 4.39 Å². The van der Waals surface area contributed by atoms with E-state index in [0.29, 0.717) is 0 Å². The number of hydrogen-bond acceptors (Lipinski definition) is 1. The Morgan fingerprint density at radius 1 is 1.38 bits per heavy atom. The van der Waals surface area contributed by atoms with Gasteiger partial charge in [-0.2, -0.15) is 0 Å². The molecule has 13 heavy (non-hydrogen) atoms. The molecule has 1 atom stereocenters. The van der Waals surface area contributed by atoms with Crippen molar-refractivity contribution in [3.63, 3.8) is 0 Å². The van der Waals surface area contributed by atoms with Gasteiger partial charge in [0.2, 0.25) is 0 Å². The molecule has 1 nitrogen and oxygen atoms in total. The lowest BCUT2D eigenvalue weighted by Gasteiger charge is -2.10. The summed E-state index contributed by atoms with van der Waals surface area (Å²) in [5.41, 5.74) is 7.91. The SMILES string of the molecule is CCc1ccc(F)cc1C[C@@H](C)N. The Morgan fingerprint density at radius 3 is 2.62 bits per heavy atom. The summed E-state index contributed by atoms with van der Waals surface area (Å²) in [5, 5.41) is 0. The summed E-state index contributed by atoms with van der Waals surface area (Å²) < 4.78 is 12.9. The van der Waals surface area contributed by atoms with Gasteiger partial charge in [0.1, 0.15) is 5.82 Å². The van der Waals surface area contributed by atoms with Gasteiger partial charge >= 0.3 is 0 Å². The van der Waals surface area contributed by atoms with Crippen molar-refractivity contribution in [2.24, 2.45) is 5.73 Å². The molecule has 1 aromatic rings. The molecule has 0 spiro atoms. The Balaban J connectivity index is 2.94. The van der Waals surface area contributed by atoms with E-state index in [1.54, 1.807) is 6.07 Å². The van der Waals surface area contributed by atoms with Gasteiger partial charge in [0.05, 0.1) is 0 Å². The van der Waals surface area contributed by atoms with Crippen LogP contribution in [-0.4, -0.2) is 6.04 Å². The summed E-state index contributed by atoms with van der Waals surface area (Å²) in [5.74, 6) is -0.173.